The molecular weight excluding hydrogens is 378 g/mol. The third-order valence-electron chi connectivity index (χ3n) is 5.00. The van der Waals surface area contributed by atoms with Crippen LogP contribution in [0.3, 0.4) is 0 Å². The van der Waals surface area contributed by atoms with Gasteiger partial charge in [0, 0.05) is 18.7 Å². The number of aromatic nitrogens is 2. The molecule has 4 aromatic rings. The summed E-state index contributed by atoms with van der Waals surface area (Å²) in [5, 5.41) is 3.38. The third-order valence-corrected chi connectivity index (χ3v) is 5.00. The van der Waals surface area contributed by atoms with Gasteiger partial charge in [0.05, 0.1) is 10.9 Å². The minimum atomic E-state index is -0.518. The van der Waals surface area contributed by atoms with Crippen LogP contribution in [0.5, 0.6) is 0 Å². The van der Waals surface area contributed by atoms with Gasteiger partial charge < -0.3 is 5.32 Å². The highest BCUT2D eigenvalue weighted by molar-refractivity contribution is 5.91. The highest BCUT2D eigenvalue weighted by Crippen LogP contribution is 2.19. The fraction of sp³-hybridized carbons (Fsp3) is 0.125. The Labute approximate surface area is 172 Å². The summed E-state index contributed by atoms with van der Waals surface area (Å²) in [6.07, 6.45) is 0.816. The van der Waals surface area contributed by atoms with E-state index in [0.717, 1.165) is 16.8 Å². The van der Waals surface area contributed by atoms with Crippen LogP contribution in [0.2, 0.25) is 0 Å². The summed E-state index contributed by atoms with van der Waals surface area (Å²) in [5.41, 5.74) is 2.50. The predicted octanol–water partition coefficient (Wildman–Crippen LogP) is 3.31. The van der Waals surface area contributed by atoms with Gasteiger partial charge in [0.25, 0.3) is 5.56 Å². The molecule has 0 fully saturated rings. The molecule has 0 radical (unpaired) electrons. The highest BCUT2D eigenvalue weighted by Gasteiger charge is 2.11. The molecule has 0 aliphatic heterocycles. The van der Waals surface area contributed by atoms with E-state index < -0.39 is 11.2 Å². The van der Waals surface area contributed by atoms with Crippen LogP contribution in [0.25, 0.3) is 10.9 Å². The van der Waals surface area contributed by atoms with Crippen molar-refractivity contribution in [3.05, 3.63) is 111 Å². The number of aryl methyl sites for hydroxylation is 1. The summed E-state index contributed by atoms with van der Waals surface area (Å²) >= 11 is 0. The van der Waals surface area contributed by atoms with Crippen LogP contribution in [0, 0.1) is 0 Å². The zero-order valence-electron chi connectivity index (χ0n) is 16.3. The lowest BCUT2D eigenvalue weighted by Gasteiger charge is -2.12. The predicted molar refractivity (Wildman–Crippen MR) is 118 cm³/mol. The topological polar surface area (TPSA) is 84.0 Å². The maximum Gasteiger partial charge on any atom is 0.328 e. The van der Waals surface area contributed by atoms with E-state index in [2.05, 4.69) is 10.3 Å². The number of anilines is 1. The molecule has 0 atom stereocenters. The first-order chi connectivity index (χ1) is 14.6. The maximum atomic E-state index is 12.6. The number of hydrogen-bond donors (Lipinski definition) is 2. The first-order valence-electron chi connectivity index (χ1n) is 9.75. The van der Waals surface area contributed by atoms with Crippen molar-refractivity contribution >= 4 is 22.5 Å². The number of benzene rings is 3. The molecule has 1 aromatic heterocycles. The van der Waals surface area contributed by atoms with Gasteiger partial charge in [-0.2, -0.15) is 0 Å². The summed E-state index contributed by atoms with van der Waals surface area (Å²) < 4.78 is 1.42. The number of nitrogens with zero attached hydrogens (tertiary/aromatic N) is 1. The van der Waals surface area contributed by atoms with Gasteiger partial charge >= 0.3 is 5.69 Å². The molecule has 1 amide bonds. The van der Waals surface area contributed by atoms with Gasteiger partial charge in [0.2, 0.25) is 5.91 Å². The van der Waals surface area contributed by atoms with Crippen LogP contribution < -0.4 is 16.6 Å². The summed E-state index contributed by atoms with van der Waals surface area (Å²) in [4.78, 5) is 39.1. The number of rotatable bonds is 6. The van der Waals surface area contributed by atoms with E-state index in [1.54, 1.807) is 24.3 Å². The SMILES string of the molecule is O=C(CCn1c(=O)[nH]c(=O)c2ccccc21)Nc1ccccc1Cc1ccccc1. The van der Waals surface area contributed by atoms with Crippen LogP contribution in [-0.4, -0.2) is 15.5 Å². The maximum absolute atomic E-state index is 12.6. The van der Waals surface area contributed by atoms with E-state index in [-0.39, 0.29) is 18.9 Å². The number of H-pyrrole nitrogens is 1. The van der Waals surface area contributed by atoms with Gasteiger partial charge in [0.15, 0.2) is 0 Å². The Hall–Kier alpha value is -3.93. The van der Waals surface area contributed by atoms with Crippen LogP contribution in [0.15, 0.2) is 88.5 Å². The fourth-order valence-corrected chi connectivity index (χ4v) is 3.50. The standard InChI is InChI=1S/C24H21N3O3/c28-22(14-15-27-21-13-7-5-11-19(21)23(29)26-24(27)30)25-20-12-6-4-10-18(20)16-17-8-2-1-3-9-17/h1-13H,14-16H2,(H,25,28)(H,26,29,30). The lowest BCUT2D eigenvalue weighted by Crippen LogP contribution is -2.31. The zero-order chi connectivity index (χ0) is 20.9. The van der Waals surface area contributed by atoms with E-state index in [4.69, 9.17) is 0 Å². The van der Waals surface area contributed by atoms with Gasteiger partial charge in [0.1, 0.15) is 0 Å². The first-order valence-corrected chi connectivity index (χ1v) is 9.75. The average molecular weight is 399 g/mol. The number of carbonyl (C=O) groups is 1. The molecule has 0 aliphatic carbocycles. The molecule has 1 heterocycles. The molecule has 3 aromatic carbocycles. The highest BCUT2D eigenvalue weighted by atomic mass is 16.2. The second-order valence-electron chi connectivity index (χ2n) is 7.05. The Balaban J connectivity index is 1.50. The smallest absolute Gasteiger partial charge is 0.326 e. The van der Waals surface area contributed by atoms with E-state index >= 15 is 0 Å². The lowest BCUT2D eigenvalue weighted by molar-refractivity contribution is -0.116. The number of carbonyl (C=O) groups excluding carboxylic acids is 1. The first kappa shape index (κ1) is 19.4. The van der Waals surface area contributed by atoms with E-state index in [9.17, 15) is 14.4 Å². The Morgan fingerprint density at radius 1 is 0.867 bits per heavy atom. The van der Waals surface area contributed by atoms with Crippen LogP contribution in [-0.2, 0) is 17.8 Å². The van der Waals surface area contributed by atoms with Gasteiger partial charge in [-0.3, -0.25) is 19.1 Å². The summed E-state index contributed by atoms with van der Waals surface area (Å²) in [7, 11) is 0. The average Bonchev–Trinajstić information content (AvgIpc) is 2.76. The van der Waals surface area contributed by atoms with Crippen molar-refractivity contribution < 1.29 is 4.79 Å². The molecule has 0 spiro atoms. The monoisotopic (exact) mass is 399 g/mol. The van der Waals surface area contributed by atoms with Gasteiger partial charge in [-0.05, 0) is 35.7 Å². The quantitative estimate of drug-likeness (QED) is 0.522. The van der Waals surface area contributed by atoms with E-state index in [1.165, 1.54) is 4.57 Å². The number of hydrogen-bond acceptors (Lipinski definition) is 3. The van der Waals surface area contributed by atoms with Crippen molar-refractivity contribution in [1.29, 1.82) is 0 Å². The zero-order valence-corrected chi connectivity index (χ0v) is 16.3. The molecule has 150 valence electrons. The van der Waals surface area contributed by atoms with Crippen molar-refractivity contribution in [2.24, 2.45) is 0 Å². The summed E-state index contributed by atoms with van der Waals surface area (Å²) in [6, 6.07) is 24.6. The minimum absolute atomic E-state index is 0.107. The Bertz CT molecular complexity index is 1310. The van der Waals surface area contributed by atoms with E-state index in [1.807, 2.05) is 54.6 Å². The molecule has 30 heavy (non-hydrogen) atoms. The van der Waals surface area contributed by atoms with Crippen molar-refractivity contribution in [2.75, 3.05) is 5.32 Å². The van der Waals surface area contributed by atoms with Crippen molar-refractivity contribution in [3.63, 3.8) is 0 Å². The molecule has 0 unspecified atom stereocenters. The van der Waals surface area contributed by atoms with Crippen molar-refractivity contribution in [2.45, 2.75) is 19.4 Å². The minimum Gasteiger partial charge on any atom is -0.326 e. The number of fused-ring (bicyclic) bond motifs is 1. The van der Waals surface area contributed by atoms with Gasteiger partial charge in [-0.15, -0.1) is 0 Å². The molecule has 2 N–H and O–H groups in total. The number of amides is 1. The van der Waals surface area contributed by atoms with Crippen molar-refractivity contribution in [3.8, 4) is 0 Å². The second-order valence-corrected chi connectivity index (χ2v) is 7.05. The Kier molecular flexibility index (Phi) is 5.57. The largest absolute Gasteiger partial charge is 0.328 e. The summed E-state index contributed by atoms with van der Waals surface area (Å²) in [5.74, 6) is -0.197. The van der Waals surface area contributed by atoms with Crippen LogP contribution >= 0.6 is 0 Å². The molecular formula is C24H21N3O3. The van der Waals surface area contributed by atoms with E-state index in [0.29, 0.717) is 17.3 Å². The molecule has 4 rings (SSSR count). The number of nitrogens with one attached hydrogen (secondary N) is 2. The molecule has 6 heteroatoms. The second kappa shape index (κ2) is 8.61. The van der Waals surface area contributed by atoms with Gasteiger partial charge in [-0.25, -0.2) is 4.79 Å². The number of para-hydroxylation sites is 2. The Morgan fingerprint density at radius 2 is 1.57 bits per heavy atom. The number of aromatic amines is 1. The Morgan fingerprint density at radius 3 is 2.40 bits per heavy atom. The lowest BCUT2D eigenvalue weighted by atomic mass is 10.0. The molecule has 0 saturated heterocycles. The third kappa shape index (κ3) is 4.22. The molecule has 0 saturated carbocycles. The fourth-order valence-electron chi connectivity index (χ4n) is 3.50. The van der Waals surface area contributed by atoms with Crippen LogP contribution in [0.4, 0.5) is 5.69 Å². The molecule has 6 nitrogen and oxygen atoms in total. The normalized spacial score (nSPS) is 10.8. The summed E-state index contributed by atoms with van der Waals surface area (Å²) in [6.45, 7) is 0.169. The van der Waals surface area contributed by atoms with Crippen molar-refractivity contribution in [1.82, 2.24) is 9.55 Å². The van der Waals surface area contributed by atoms with Gasteiger partial charge in [-0.1, -0.05) is 60.7 Å². The molecule has 0 bridgehead atoms. The van der Waals surface area contributed by atoms with Crippen LogP contribution in [0.1, 0.15) is 17.5 Å². The molecule has 0 aliphatic rings.